The molecule has 0 amide bonds. The highest BCUT2D eigenvalue weighted by atomic mass is 79.9. The lowest BCUT2D eigenvalue weighted by atomic mass is 10.2. The number of hydrogen-bond acceptors (Lipinski definition) is 1. The highest BCUT2D eigenvalue weighted by Crippen LogP contribution is 2.32. The molecule has 0 atom stereocenters. The molecule has 1 nitrogen and oxygen atoms in total. The van der Waals surface area contributed by atoms with Gasteiger partial charge in [0.2, 0.25) is 0 Å². The topological polar surface area (TPSA) is 12.9 Å². The molecule has 0 aliphatic carbocycles. The van der Waals surface area contributed by atoms with E-state index in [0.717, 1.165) is 22.1 Å². The Labute approximate surface area is 100 Å². The first-order valence-corrected chi connectivity index (χ1v) is 5.73. The second-order valence-electron chi connectivity index (χ2n) is 3.20. The van der Waals surface area contributed by atoms with Crippen molar-refractivity contribution in [2.75, 3.05) is 0 Å². The average molecular weight is 289 g/mol. The van der Waals surface area contributed by atoms with Crippen molar-refractivity contribution in [1.29, 1.82) is 0 Å². The minimum absolute atomic E-state index is 0.303. The molecule has 2 rings (SSSR count). The first-order valence-electron chi connectivity index (χ1n) is 4.56. The average Bonchev–Trinajstić information content (AvgIpc) is 2.24. The van der Waals surface area contributed by atoms with Crippen LogP contribution in [0.5, 0.6) is 0 Å². The summed E-state index contributed by atoms with van der Waals surface area (Å²) in [5.74, 6) is -0.303. The smallest absolute Gasteiger partial charge is 0.124 e. The van der Waals surface area contributed by atoms with Crippen molar-refractivity contribution in [2.24, 2.45) is 0 Å². The third kappa shape index (κ3) is 1.86. The lowest BCUT2D eigenvalue weighted by Gasteiger charge is -2.07. The number of fused-ring (bicyclic) bond motifs is 1. The van der Waals surface area contributed by atoms with Gasteiger partial charge in [0.15, 0.2) is 0 Å². The summed E-state index contributed by atoms with van der Waals surface area (Å²) >= 11 is 9.50. The van der Waals surface area contributed by atoms with Crippen LogP contribution in [-0.2, 0) is 6.42 Å². The van der Waals surface area contributed by atoms with Crippen LogP contribution in [-0.4, -0.2) is 4.98 Å². The van der Waals surface area contributed by atoms with Crippen molar-refractivity contribution >= 4 is 38.4 Å². The van der Waals surface area contributed by atoms with Crippen molar-refractivity contribution in [1.82, 2.24) is 4.98 Å². The van der Waals surface area contributed by atoms with E-state index < -0.39 is 0 Å². The van der Waals surface area contributed by atoms with E-state index >= 15 is 0 Å². The van der Waals surface area contributed by atoms with Gasteiger partial charge in [-0.15, -0.1) is 0 Å². The second kappa shape index (κ2) is 4.06. The highest BCUT2D eigenvalue weighted by molar-refractivity contribution is 9.10. The number of rotatable bonds is 1. The first-order chi connectivity index (χ1) is 7.13. The van der Waals surface area contributed by atoms with Crippen molar-refractivity contribution in [3.05, 3.63) is 39.2 Å². The summed E-state index contributed by atoms with van der Waals surface area (Å²) in [5.41, 5.74) is 1.61. The number of nitrogens with zero attached hydrogens (tertiary/aromatic N) is 1. The van der Waals surface area contributed by atoms with Gasteiger partial charge >= 0.3 is 0 Å². The molecular formula is C11H8BrClFN. The predicted octanol–water partition coefficient (Wildman–Crippen LogP) is 4.35. The Morgan fingerprint density at radius 3 is 2.87 bits per heavy atom. The van der Waals surface area contributed by atoms with Crippen LogP contribution in [0.25, 0.3) is 10.9 Å². The predicted molar refractivity (Wildman–Crippen MR) is 63.8 cm³/mol. The molecular weight excluding hydrogens is 280 g/mol. The molecule has 0 bridgehead atoms. The number of pyridine rings is 1. The summed E-state index contributed by atoms with van der Waals surface area (Å²) in [6, 6.07) is 4.43. The van der Waals surface area contributed by atoms with Gasteiger partial charge in [0.05, 0.1) is 20.7 Å². The summed E-state index contributed by atoms with van der Waals surface area (Å²) in [6.45, 7) is 2.00. The molecule has 0 radical (unpaired) electrons. The van der Waals surface area contributed by atoms with Crippen LogP contribution in [0, 0.1) is 5.82 Å². The molecule has 0 aliphatic heterocycles. The lowest BCUT2D eigenvalue weighted by molar-refractivity contribution is 0.629. The normalized spacial score (nSPS) is 10.9. The summed E-state index contributed by atoms with van der Waals surface area (Å²) in [6.07, 6.45) is 0.785. The Balaban J connectivity index is 2.84. The van der Waals surface area contributed by atoms with E-state index in [-0.39, 0.29) is 5.82 Å². The number of hydrogen-bond donors (Lipinski definition) is 0. The fraction of sp³-hybridized carbons (Fsp3) is 0.182. The van der Waals surface area contributed by atoms with E-state index in [1.165, 1.54) is 12.1 Å². The monoisotopic (exact) mass is 287 g/mol. The summed E-state index contributed by atoms with van der Waals surface area (Å²) in [7, 11) is 0. The van der Waals surface area contributed by atoms with Gasteiger partial charge in [0.1, 0.15) is 5.82 Å². The fourth-order valence-electron chi connectivity index (χ4n) is 1.46. The molecule has 0 fully saturated rings. The van der Waals surface area contributed by atoms with Crippen LogP contribution >= 0.6 is 27.5 Å². The number of halogens is 3. The van der Waals surface area contributed by atoms with Gasteiger partial charge < -0.3 is 0 Å². The number of aryl methyl sites for hydroxylation is 1. The Hall–Kier alpha value is -0.670. The van der Waals surface area contributed by atoms with E-state index in [2.05, 4.69) is 20.9 Å². The van der Waals surface area contributed by atoms with Crippen molar-refractivity contribution < 1.29 is 4.39 Å². The number of benzene rings is 1. The quantitative estimate of drug-likeness (QED) is 0.760. The third-order valence-corrected chi connectivity index (χ3v) is 3.71. The van der Waals surface area contributed by atoms with Crippen molar-refractivity contribution in [3.63, 3.8) is 0 Å². The van der Waals surface area contributed by atoms with E-state index in [9.17, 15) is 4.39 Å². The second-order valence-corrected chi connectivity index (χ2v) is 4.37. The maximum Gasteiger partial charge on any atom is 0.124 e. The van der Waals surface area contributed by atoms with Crippen molar-refractivity contribution in [2.45, 2.75) is 13.3 Å². The third-order valence-electron chi connectivity index (χ3n) is 2.23. The molecule has 0 unspecified atom stereocenters. The van der Waals surface area contributed by atoms with Crippen LogP contribution in [0.3, 0.4) is 0 Å². The zero-order chi connectivity index (χ0) is 11.0. The van der Waals surface area contributed by atoms with E-state index in [1.54, 1.807) is 6.07 Å². The molecule has 1 aromatic heterocycles. The van der Waals surface area contributed by atoms with Gasteiger partial charge in [-0.25, -0.2) is 4.39 Å². The molecule has 15 heavy (non-hydrogen) atoms. The lowest BCUT2D eigenvalue weighted by Crippen LogP contribution is -1.92. The van der Waals surface area contributed by atoms with Gasteiger partial charge in [-0.2, -0.15) is 0 Å². The van der Waals surface area contributed by atoms with Crippen LogP contribution in [0.15, 0.2) is 22.7 Å². The zero-order valence-electron chi connectivity index (χ0n) is 8.02. The summed E-state index contributed by atoms with van der Waals surface area (Å²) < 4.78 is 13.8. The SMILES string of the molecule is CCc1nc2ccc(F)cc2c(Cl)c1Br. The van der Waals surface area contributed by atoms with E-state index in [4.69, 9.17) is 11.6 Å². The minimum Gasteiger partial charge on any atom is -0.252 e. The molecule has 0 N–H and O–H groups in total. The molecule has 0 saturated carbocycles. The van der Waals surface area contributed by atoms with Gasteiger partial charge in [0, 0.05) is 5.39 Å². The highest BCUT2D eigenvalue weighted by Gasteiger charge is 2.10. The van der Waals surface area contributed by atoms with Crippen LogP contribution < -0.4 is 0 Å². The van der Waals surface area contributed by atoms with E-state index in [1.807, 2.05) is 6.92 Å². The molecule has 0 saturated heterocycles. The molecule has 78 valence electrons. The fourth-order valence-corrected chi connectivity index (χ4v) is 2.30. The Kier molecular flexibility index (Phi) is 2.94. The molecule has 1 aromatic carbocycles. The van der Waals surface area contributed by atoms with Gasteiger partial charge in [0.25, 0.3) is 0 Å². The van der Waals surface area contributed by atoms with Crippen LogP contribution in [0.4, 0.5) is 4.39 Å². The first kappa shape index (κ1) is 10.8. The molecule has 4 heteroatoms. The van der Waals surface area contributed by atoms with Gasteiger partial charge in [-0.05, 0) is 40.5 Å². The molecule has 1 heterocycles. The summed E-state index contributed by atoms with van der Waals surface area (Å²) in [5, 5.41) is 1.16. The number of aromatic nitrogens is 1. The summed E-state index contributed by atoms with van der Waals surface area (Å²) in [4.78, 5) is 4.40. The molecule has 0 spiro atoms. The van der Waals surface area contributed by atoms with Gasteiger partial charge in [-0.1, -0.05) is 18.5 Å². The maximum atomic E-state index is 13.0. The zero-order valence-corrected chi connectivity index (χ0v) is 10.4. The minimum atomic E-state index is -0.303. The van der Waals surface area contributed by atoms with Crippen molar-refractivity contribution in [3.8, 4) is 0 Å². The maximum absolute atomic E-state index is 13.0. The van der Waals surface area contributed by atoms with Gasteiger partial charge in [-0.3, -0.25) is 4.98 Å². The Morgan fingerprint density at radius 1 is 1.47 bits per heavy atom. The van der Waals surface area contributed by atoms with Crippen LogP contribution in [0.2, 0.25) is 5.02 Å². The van der Waals surface area contributed by atoms with Crippen LogP contribution in [0.1, 0.15) is 12.6 Å². The largest absolute Gasteiger partial charge is 0.252 e. The Morgan fingerprint density at radius 2 is 2.20 bits per heavy atom. The van der Waals surface area contributed by atoms with E-state index in [0.29, 0.717) is 10.4 Å². The molecule has 0 aliphatic rings. The standard InChI is InChI=1S/C11H8BrClFN/c1-2-8-10(12)11(13)7-5-6(14)3-4-9(7)15-8/h3-5H,2H2,1H3. The molecule has 2 aromatic rings. The Bertz CT molecular complexity index is 527.